The van der Waals surface area contributed by atoms with Crippen molar-refractivity contribution in [3.05, 3.63) is 10.4 Å². The molecule has 2 unspecified atom stereocenters. The highest BCUT2D eigenvalue weighted by molar-refractivity contribution is 5.73. The van der Waals surface area contributed by atoms with Crippen molar-refractivity contribution in [2.75, 3.05) is 26.3 Å². The van der Waals surface area contributed by atoms with Crippen LogP contribution in [0.15, 0.2) is 5.11 Å². The number of hydrogen-bond acceptors (Lipinski definition) is 4. The molecule has 0 aromatic carbocycles. The first-order chi connectivity index (χ1) is 8.25. The van der Waals surface area contributed by atoms with Crippen molar-refractivity contribution < 1.29 is 14.6 Å². The quantitative estimate of drug-likeness (QED) is 0.302. The summed E-state index contributed by atoms with van der Waals surface area (Å²) < 4.78 is 5.29. The van der Waals surface area contributed by atoms with Crippen molar-refractivity contribution >= 4 is 5.97 Å². The summed E-state index contributed by atoms with van der Waals surface area (Å²) in [5.74, 6) is -0.815. The number of ether oxygens (including phenoxy) is 1. The summed E-state index contributed by atoms with van der Waals surface area (Å²) in [5.41, 5.74) is 8.09. The number of nitrogens with one attached hydrogen (secondary N) is 1. The van der Waals surface area contributed by atoms with Crippen LogP contribution in [-0.4, -0.2) is 43.4 Å². The summed E-state index contributed by atoms with van der Waals surface area (Å²) >= 11 is 0. The van der Waals surface area contributed by atoms with Crippen LogP contribution in [0.5, 0.6) is 0 Å². The predicted molar refractivity (Wildman–Crippen MR) is 61.6 cm³/mol. The lowest BCUT2D eigenvalue weighted by Crippen LogP contribution is -2.46. The lowest BCUT2D eigenvalue weighted by Gasteiger charge is -2.28. The molecule has 0 aromatic heterocycles. The molecule has 0 spiro atoms. The van der Waals surface area contributed by atoms with Crippen LogP contribution in [0.4, 0.5) is 0 Å². The SMILES string of the molecule is [N-]=[N+]=NCCCNC(C(=O)O)C1CCCOC1. The molecule has 1 aliphatic heterocycles. The third-order valence-corrected chi connectivity index (χ3v) is 2.80. The van der Waals surface area contributed by atoms with Crippen molar-refractivity contribution in [1.82, 2.24) is 5.32 Å². The number of nitrogens with zero attached hydrogens (tertiary/aromatic N) is 3. The minimum Gasteiger partial charge on any atom is -0.480 e. The Balaban J connectivity index is 2.32. The third kappa shape index (κ3) is 5.04. The minimum atomic E-state index is -0.843. The van der Waals surface area contributed by atoms with Gasteiger partial charge in [-0.15, -0.1) is 0 Å². The maximum atomic E-state index is 11.1. The van der Waals surface area contributed by atoms with E-state index in [4.69, 9.17) is 15.4 Å². The molecule has 0 bridgehead atoms. The van der Waals surface area contributed by atoms with Crippen LogP contribution in [0, 0.1) is 5.92 Å². The van der Waals surface area contributed by atoms with E-state index in [1.54, 1.807) is 0 Å². The summed E-state index contributed by atoms with van der Waals surface area (Å²) in [7, 11) is 0. The molecular weight excluding hydrogens is 224 g/mol. The molecule has 0 radical (unpaired) electrons. The largest absolute Gasteiger partial charge is 0.480 e. The third-order valence-electron chi connectivity index (χ3n) is 2.80. The molecule has 1 rings (SSSR count). The molecule has 0 aromatic rings. The summed E-state index contributed by atoms with van der Waals surface area (Å²) in [5, 5.41) is 15.5. The first-order valence-electron chi connectivity index (χ1n) is 5.80. The standard InChI is InChI=1S/C10H18N4O3/c11-14-13-5-2-4-12-9(10(15)16)8-3-1-6-17-7-8/h8-9,12H,1-7H2,(H,15,16). The Kier molecular flexibility index (Phi) is 6.39. The van der Waals surface area contributed by atoms with E-state index in [0.29, 0.717) is 26.1 Å². The second kappa shape index (κ2) is 7.89. The highest BCUT2D eigenvalue weighted by Crippen LogP contribution is 2.17. The van der Waals surface area contributed by atoms with Crippen LogP contribution in [-0.2, 0) is 9.53 Å². The summed E-state index contributed by atoms with van der Waals surface area (Å²) in [6.45, 7) is 2.14. The molecule has 1 saturated heterocycles. The van der Waals surface area contributed by atoms with Gasteiger partial charge in [0, 0.05) is 24.0 Å². The molecule has 1 aliphatic rings. The Bertz CT molecular complexity index is 285. The molecule has 0 aliphatic carbocycles. The van der Waals surface area contributed by atoms with Crippen LogP contribution in [0.3, 0.4) is 0 Å². The first-order valence-corrected chi connectivity index (χ1v) is 5.80. The van der Waals surface area contributed by atoms with Crippen molar-refractivity contribution in [2.24, 2.45) is 11.0 Å². The highest BCUT2D eigenvalue weighted by atomic mass is 16.5. The fraction of sp³-hybridized carbons (Fsp3) is 0.900. The number of aliphatic carboxylic acids is 1. The van der Waals surface area contributed by atoms with E-state index in [2.05, 4.69) is 15.3 Å². The van der Waals surface area contributed by atoms with Gasteiger partial charge in [0.15, 0.2) is 0 Å². The van der Waals surface area contributed by atoms with Gasteiger partial charge in [0.25, 0.3) is 0 Å². The number of rotatable bonds is 7. The lowest BCUT2D eigenvalue weighted by atomic mass is 9.93. The number of hydrogen-bond donors (Lipinski definition) is 2. The highest BCUT2D eigenvalue weighted by Gasteiger charge is 2.29. The zero-order valence-corrected chi connectivity index (χ0v) is 9.71. The minimum absolute atomic E-state index is 0.0284. The van der Waals surface area contributed by atoms with Crippen LogP contribution < -0.4 is 5.32 Å². The molecular formula is C10H18N4O3. The van der Waals surface area contributed by atoms with Gasteiger partial charge in [-0.3, -0.25) is 4.79 Å². The fourth-order valence-electron chi connectivity index (χ4n) is 1.94. The molecule has 2 atom stereocenters. The summed E-state index contributed by atoms with van der Waals surface area (Å²) in [6, 6.07) is -0.568. The zero-order valence-electron chi connectivity index (χ0n) is 9.71. The van der Waals surface area contributed by atoms with E-state index < -0.39 is 12.0 Å². The Morgan fingerprint density at radius 1 is 1.71 bits per heavy atom. The molecule has 1 fully saturated rings. The van der Waals surface area contributed by atoms with Crippen LogP contribution >= 0.6 is 0 Å². The molecule has 7 nitrogen and oxygen atoms in total. The normalized spacial score (nSPS) is 21.5. The molecule has 2 N–H and O–H groups in total. The second-order valence-electron chi connectivity index (χ2n) is 4.06. The molecule has 0 amide bonds. The van der Waals surface area contributed by atoms with Gasteiger partial charge in [-0.05, 0) is 31.3 Å². The van der Waals surface area contributed by atoms with Crippen molar-refractivity contribution in [1.29, 1.82) is 0 Å². The van der Waals surface area contributed by atoms with Gasteiger partial charge < -0.3 is 15.2 Å². The number of carbonyl (C=O) groups is 1. The van der Waals surface area contributed by atoms with Crippen molar-refractivity contribution in [3.63, 3.8) is 0 Å². The van der Waals surface area contributed by atoms with Gasteiger partial charge >= 0.3 is 5.97 Å². The van der Waals surface area contributed by atoms with Crippen LogP contribution in [0.1, 0.15) is 19.3 Å². The Morgan fingerprint density at radius 2 is 2.53 bits per heavy atom. The van der Waals surface area contributed by atoms with E-state index in [0.717, 1.165) is 19.4 Å². The fourth-order valence-corrected chi connectivity index (χ4v) is 1.94. The summed E-state index contributed by atoms with van der Waals surface area (Å²) in [4.78, 5) is 13.8. The maximum absolute atomic E-state index is 11.1. The molecule has 17 heavy (non-hydrogen) atoms. The van der Waals surface area contributed by atoms with Crippen molar-refractivity contribution in [2.45, 2.75) is 25.3 Å². The Hall–Kier alpha value is -1.30. The average Bonchev–Trinajstić information content (AvgIpc) is 2.34. The van der Waals surface area contributed by atoms with Gasteiger partial charge in [0.1, 0.15) is 6.04 Å². The van der Waals surface area contributed by atoms with Crippen molar-refractivity contribution in [3.8, 4) is 0 Å². The molecule has 1 heterocycles. The number of carboxylic acids is 1. The predicted octanol–water partition coefficient (Wildman–Crippen LogP) is 1.16. The van der Waals surface area contributed by atoms with Crippen LogP contribution in [0.2, 0.25) is 0 Å². The Morgan fingerprint density at radius 3 is 3.12 bits per heavy atom. The maximum Gasteiger partial charge on any atom is 0.321 e. The lowest BCUT2D eigenvalue weighted by molar-refractivity contribution is -0.142. The zero-order chi connectivity index (χ0) is 12.5. The number of azide groups is 1. The molecule has 7 heteroatoms. The smallest absolute Gasteiger partial charge is 0.321 e. The topological polar surface area (TPSA) is 107 Å². The first kappa shape index (κ1) is 13.8. The summed E-state index contributed by atoms with van der Waals surface area (Å²) in [6.07, 6.45) is 2.43. The second-order valence-corrected chi connectivity index (χ2v) is 4.06. The number of carboxylic acid groups (broad SMARTS) is 1. The van der Waals surface area contributed by atoms with Gasteiger partial charge in [-0.25, -0.2) is 0 Å². The van der Waals surface area contributed by atoms with Gasteiger partial charge in [0.2, 0.25) is 0 Å². The molecule has 96 valence electrons. The van der Waals surface area contributed by atoms with E-state index in [9.17, 15) is 4.79 Å². The van der Waals surface area contributed by atoms with E-state index >= 15 is 0 Å². The van der Waals surface area contributed by atoms with Crippen LogP contribution in [0.25, 0.3) is 10.4 Å². The monoisotopic (exact) mass is 242 g/mol. The Labute approximate surface area is 99.8 Å². The average molecular weight is 242 g/mol. The van der Waals surface area contributed by atoms with E-state index in [-0.39, 0.29) is 5.92 Å². The van der Waals surface area contributed by atoms with Gasteiger partial charge in [0.05, 0.1) is 6.61 Å². The van der Waals surface area contributed by atoms with E-state index in [1.165, 1.54) is 0 Å². The molecule has 0 saturated carbocycles. The van der Waals surface area contributed by atoms with Gasteiger partial charge in [-0.2, -0.15) is 0 Å². The van der Waals surface area contributed by atoms with Gasteiger partial charge in [-0.1, -0.05) is 5.11 Å². The van der Waals surface area contributed by atoms with E-state index in [1.807, 2.05) is 0 Å².